The number of primary sulfonamides is 1. The summed E-state index contributed by atoms with van der Waals surface area (Å²) in [6.07, 6.45) is 7.71. The topological polar surface area (TPSA) is 118 Å². The minimum absolute atomic E-state index is 0.181. The van der Waals surface area contributed by atoms with Crippen molar-refractivity contribution in [3.63, 3.8) is 0 Å². The van der Waals surface area contributed by atoms with Crippen molar-refractivity contribution < 1.29 is 17.2 Å². The molecule has 1 spiro atoms. The first-order valence-electron chi connectivity index (χ1n) is 11.3. The standard InChI is InChI=1S/C22H23F2N7O2S/c23-16-11-14(4-7-17(16)34(25,32)33)27-21-26-12-13-10-18-30(19(13)28-21)22(8-2-1-3-9-22)20(24)29-31(18)15-5-6-15/h4,7,10-12,15H,1-3,5-6,8-9H2,(H2,25,32,33)(H,26,27,28). The number of hydrogen-bond acceptors (Lipinski definition) is 7. The van der Waals surface area contributed by atoms with Crippen LogP contribution in [0, 0.1) is 5.82 Å². The zero-order chi connectivity index (χ0) is 23.7. The summed E-state index contributed by atoms with van der Waals surface area (Å²) in [4.78, 5) is 8.41. The third-order valence-electron chi connectivity index (χ3n) is 6.83. The van der Waals surface area contributed by atoms with E-state index in [1.807, 2.05) is 10.6 Å². The van der Waals surface area contributed by atoms with Gasteiger partial charge in [-0.2, -0.15) is 9.37 Å². The lowest BCUT2D eigenvalue weighted by Gasteiger charge is -2.42. The molecular weight excluding hydrogens is 464 g/mol. The molecule has 1 aromatic carbocycles. The molecule has 2 aliphatic carbocycles. The fraction of sp³-hybridized carbons (Fsp3) is 0.409. The maximum absolute atomic E-state index is 15.6. The number of benzene rings is 1. The first-order chi connectivity index (χ1) is 16.3. The number of rotatable bonds is 4. The Morgan fingerprint density at radius 2 is 1.88 bits per heavy atom. The Kier molecular flexibility index (Phi) is 4.69. The van der Waals surface area contributed by atoms with Crippen molar-refractivity contribution in [2.75, 3.05) is 10.3 Å². The number of aromatic nitrogens is 3. The van der Waals surface area contributed by atoms with Gasteiger partial charge >= 0.3 is 0 Å². The molecule has 6 rings (SSSR count). The van der Waals surface area contributed by atoms with Gasteiger partial charge in [-0.15, -0.1) is 5.10 Å². The van der Waals surface area contributed by atoms with Crippen LogP contribution in [0.1, 0.15) is 44.9 Å². The largest absolute Gasteiger partial charge is 0.324 e. The number of halogens is 2. The Labute approximate surface area is 194 Å². The molecule has 2 saturated carbocycles. The monoisotopic (exact) mass is 487 g/mol. The fourth-order valence-electron chi connectivity index (χ4n) is 5.05. The Morgan fingerprint density at radius 3 is 2.56 bits per heavy atom. The van der Waals surface area contributed by atoms with E-state index in [2.05, 4.69) is 20.4 Å². The van der Waals surface area contributed by atoms with Gasteiger partial charge < -0.3 is 5.32 Å². The molecule has 9 nitrogen and oxygen atoms in total. The van der Waals surface area contributed by atoms with Crippen molar-refractivity contribution in [2.24, 2.45) is 10.2 Å². The normalized spacial score (nSPS) is 19.9. The van der Waals surface area contributed by atoms with Crippen LogP contribution >= 0.6 is 0 Å². The van der Waals surface area contributed by atoms with Gasteiger partial charge in [-0.05, 0) is 49.9 Å². The van der Waals surface area contributed by atoms with Crippen LogP contribution in [0.15, 0.2) is 40.5 Å². The smallest absolute Gasteiger partial charge is 0.240 e. The molecule has 1 aliphatic heterocycles. The van der Waals surface area contributed by atoms with Gasteiger partial charge in [-0.25, -0.2) is 27.9 Å². The van der Waals surface area contributed by atoms with Gasteiger partial charge in [-0.1, -0.05) is 19.3 Å². The number of nitrogens with one attached hydrogen (secondary N) is 1. The van der Waals surface area contributed by atoms with Gasteiger partial charge in [0.1, 0.15) is 27.7 Å². The highest BCUT2D eigenvalue weighted by atomic mass is 32.2. The van der Waals surface area contributed by atoms with E-state index in [1.165, 1.54) is 6.07 Å². The number of fused-ring (bicyclic) bond motifs is 4. The molecule has 0 saturated heterocycles. The zero-order valence-corrected chi connectivity index (χ0v) is 19.0. The summed E-state index contributed by atoms with van der Waals surface area (Å²) >= 11 is 0. The summed E-state index contributed by atoms with van der Waals surface area (Å²) in [5.41, 5.74) is -0.0311. The fourth-order valence-corrected chi connectivity index (χ4v) is 5.64. The highest BCUT2D eigenvalue weighted by Crippen LogP contribution is 2.48. The molecule has 0 radical (unpaired) electrons. The second-order valence-electron chi connectivity index (χ2n) is 9.18. The highest BCUT2D eigenvalue weighted by molar-refractivity contribution is 7.89. The summed E-state index contributed by atoms with van der Waals surface area (Å²) in [6.45, 7) is 0. The molecule has 178 valence electrons. The van der Waals surface area contributed by atoms with Gasteiger partial charge in [0.25, 0.3) is 0 Å². The third-order valence-corrected chi connectivity index (χ3v) is 7.78. The number of nitrogens with two attached hydrogens (primary N) is 1. The summed E-state index contributed by atoms with van der Waals surface area (Å²) in [5, 5.41) is 14.9. The molecule has 0 bridgehead atoms. The predicted octanol–water partition coefficient (Wildman–Crippen LogP) is 3.89. The Morgan fingerprint density at radius 1 is 1.12 bits per heavy atom. The van der Waals surface area contributed by atoms with E-state index in [1.54, 1.807) is 11.2 Å². The molecule has 0 amide bonds. The first kappa shape index (κ1) is 21.4. The van der Waals surface area contributed by atoms with Gasteiger partial charge in [0.15, 0.2) is 0 Å². The predicted molar refractivity (Wildman–Crippen MR) is 124 cm³/mol. The second-order valence-corrected chi connectivity index (χ2v) is 10.7. The van der Waals surface area contributed by atoms with Crippen LogP contribution in [-0.2, 0) is 15.6 Å². The van der Waals surface area contributed by atoms with E-state index in [9.17, 15) is 12.8 Å². The van der Waals surface area contributed by atoms with Crippen molar-refractivity contribution in [3.8, 4) is 0 Å². The van der Waals surface area contributed by atoms with E-state index in [0.717, 1.165) is 55.4 Å². The molecule has 3 heterocycles. The average Bonchev–Trinajstić information content (AvgIpc) is 3.56. The van der Waals surface area contributed by atoms with E-state index in [4.69, 9.17) is 5.14 Å². The van der Waals surface area contributed by atoms with E-state index in [0.29, 0.717) is 18.5 Å². The van der Waals surface area contributed by atoms with Crippen molar-refractivity contribution in [3.05, 3.63) is 36.3 Å². The first-order valence-corrected chi connectivity index (χ1v) is 12.8. The van der Waals surface area contributed by atoms with E-state index >= 15 is 4.39 Å². The van der Waals surface area contributed by atoms with Crippen LogP contribution in [0.4, 0.5) is 26.2 Å². The summed E-state index contributed by atoms with van der Waals surface area (Å²) in [6, 6.07) is 5.62. The van der Waals surface area contributed by atoms with Crippen LogP contribution in [0.2, 0.25) is 0 Å². The lowest BCUT2D eigenvalue weighted by molar-refractivity contribution is 0.262. The molecule has 0 unspecified atom stereocenters. The SMILES string of the molecule is NS(=O)(=O)c1ccc(Nc2ncc3cc4n(c3n2)C2(CCCCC2)C(F)=NN4C2CC2)cc1F. The van der Waals surface area contributed by atoms with Crippen LogP contribution in [-0.4, -0.2) is 35.0 Å². The molecule has 0 atom stereocenters. The van der Waals surface area contributed by atoms with Crippen molar-refractivity contribution in [1.29, 1.82) is 0 Å². The molecule has 2 aromatic heterocycles. The van der Waals surface area contributed by atoms with E-state index < -0.39 is 26.3 Å². The molecule has 2 fully saturated rings. The second kappa shape index (κ2) is 7.44. The summed E-state index contributed by atoms with van der Waals surface area (Å²) < 4.78 is 54.8. The van der Waals surface area contributed by atoms with Crippen LogP contribution in [0.3, 0.4) is 0 Å². The summed E-state index contributed by atoms with van der Waals surface area (Å²) in [7, 11) is -4.17. The van der Waals surface area contributed by atoms with Gasteiger partial charge in [0.2, 0.25) is 21.9 Å². The Bertz CT molecular complexity index is 1440. The van der Waals surface area contributed by atoms with Crippen LogP contribution < -0.4 is 15.5 Å². The van der Waals surface area contributed by atoms with Crippen LogP contribution in [0.25, 0.3) is 11.0 Å². The van der Waals surface area contributed by atoms with E-state index in [-0.39, 0.29) is 23.6 Å². The molecule has 12 heteroatoms. The number of nitrogens with zero attached hydrogens (tertiary/aromatic N) is 5. The molecule has 3 aromatic rings. The molecule has 3 aliphatic rings. The number of hydrogen-bond donors (Lipinski definition) is 2. The van der Waals surface area contributed by atoms with Crippen molar-refractivity contribution in [1.82, 2.24) is 14.5 Å². The Balaban J connectivity index is 1.44. The number of hydrazone groups is 1. The number of anilines is 3. The molecular formula is C22H23F2N7O2S. The zero-order valence-electron chi connectivity index (χ0n) is 18.2. The maximum atomic E-state index is 15.6. The quantitative estimate of drug-likeness (QED) is 0.577. The Hall–Kier alpha value is -3.12. The van der Waals surface area contributed by atoms with Gasteiger partial charge in [0.05, 0.1) is 6.04 Å². The summed E-state index contributed by atoms with van der Waals surface area (Å²) in [5.74, 6) is -0.357. The highest BCUT2D eigenvalue weighted by Gasteiger charge is 2.48. The minimum atomic E-state index is -4.17. The third kappa shape index (κ3) is 3.35. The molecule has 3 N–H and O–H groups in total. The lowest BCUT2D eigenvalue weighted by atomic mass is 9.81. The van der Waals surface area contributed by atoms with Gasteiger partial charge in [0, 0.05) is 17.3 Å². The molecule has 34 heavy (non-hydrogen) atoms. The number of sulfonamides is 1. The van der Waals surface area contributed by atoms with Crippen molar-refractivity contribution in [2.45, 2.75) is 61.4 Å². The lowest BCUT2D eigenvalue weighted by Crippen LogP contribution is -2.48. The minimum Gasteiger partial charge on any atom is -0.324 e. The maximum Gasteiger partial charge on any atom is 0.240 e. The average molecular weight is 488 g/mol. The van der Waals surface area contributed by atoms with Crippen LogP contribution in [0.5, 0.6) is 0 Å². The van der Waals surface area contributed by atoms with Crippen molar-refractivity contribution >= 4 is 44.5 Å². The van der Waals surface area contributed by atoms with Gasteiger partial charge in [-0.3, -0.25) is 4.57 Å².